The molecule has 88 valence electrons. The van der Waals surface area contributed by atoms with Gasteiger partial charge in [-0.3, -0.25) is 0 Å². The average Bonchev–Trinajstić information content (AvgIpc) is 2.20. The van der Waals surface area contributed by atoms with E-state index in [1.165, 1.54) is 51.4 Å². The topological polar surface area (TPSA) is 0 Å². The van der Waals surface area contributed by atoms with Gasteiger partial charge in [0.05, 0.1) is 0 Å². The Labute approximate surface area is 96.8 Å². The van der Waals surface area contributed by atoms with Gasteiger partial charge in [-0.1, -0.05) is 65.7 Å². The van der Waals surface area contributed by atoms with Gasteiger partial charge in [0.25, 0.3) is 0 Å². The maximum atomic E-state index is 3.25. The largest absolute Gasteiger partial charge is 0.103 e. The normalized spacial score (nSPS) is 10.1. The Hall–Kier alpha value is -0.440. The molecule has 0 atom stereocenters. The van der Waals surface area contributed by atoms with E-state index >= 15 is 0 Å². The summed E-state index contributed by atoms with van der Waals surface area (Å²) >= 11 is 0. The summed E-state index contributed by atoms with van der Waals surface area (Å²) in [7, 11) is 0. The fraction of sp³-hybridized carbons (Fsp3) is 0.867. The van der Waals surface area contributed by atoms with Crippen LogP contribution in [0, 0.1) is 17.8 Å². The Balaban J connectivity index is 3.03. The van der Waals surface area contributed by atoms with Crippen molar-refractivity contribution < 1.29 is 0 Å². The first kappa shape index (κ1) is 14.6. The van der Waals surface area contributed by atoms with Crippen molar-refractivity contribution in [2.45, 2.75) is 78.6 Å². The van der Waals surface area contributed by atoms with E-state index in [1.54, 1.807) is 0 Å². The molecule has 0 aliphatic heterocycles. The summed E-state index contributed by atoms with van der Waals surface area (Å²) in [4.78, 5) is 0. The van der Waals surface area contributed by atoms with Crippen LogP contribution < -0.4 is 0 Å². The highest BCUT2D eigenvalue weighted by atomic mass is 14.0. The number of hydrogen-bond donors (Lipinski definition) is 0. The third kappa shape index (κ3) is 13.6. The van der Waals surface area contributed by atoms with Crippen LogP contribution in [0.2, 0.25) is 0 Å². The highest BCUT2D eigenvalue weighted by molar-refractivity contribution is 5.00. The maximum absolute atomic E-state index is 3.25. The van der Waals surface area contributed by atoms with Crippen LogP contribution in [0.3, 0.4) is 0 Å². The van der Waals surface area contributed by atoms with E-state index in [2.05, 4.69) is 32.6 Å². The summed E-state index contributed by atoms with van der Waals surface area (Å²) in [5.74, 6) is 7.00. The molecule has 0 unspecified atom stereocenters. The molecule has 0 aromatic carbocycles. The van der Waals surface area contributed by atoms with Gasteiger partial charge in [0, 0.05) is 12.3 Å². The summed E-state index contributed by atoms with van der Waals surface area (Å²) in [6.45, 7) is 6.58. The van der Waals surface area contributed by atoms with Gasteiger partial charge in [-0.2, -0.15) is 0 Å². The number of rotatable bonds is 8. The minimum atomic E-state index is 0.541. The van der Waals surface area contributed by atoms with Gasteiger partial charge in [-0.25, -0.2) is 0 Å². The van der Waals surface area contributed by atoms with Crippen LogP contribution in [0.1, 0.15) is 78.6 Å². The van der Waals surface area contributed by atoms with Crippen molar-refractivity contribution in [3.05, 3.63) is 0 Å². The number of hydrogen-bond acceptors (Lipinski definition) is 0. The monoisotopic (exact) mass is 208 g/mol. The van der Waals surface area contributed by atoms with Gasteiger partial charge >= 0.3 is 0 Å². The summed E-state index contributed by atoms with van der Waals surface area (Å²) in [6, 6.07) is 0. The molecule has 0 rings (SSSR count). The second-order valence-corrected chi connectivity index (χ2v) is 4.70. The van der Waals surface area contributed by atoms with Crippen LogP contribution in [0.15, 0.2) is 0 Å². The summed E-state index contributed by atoms with van der Waals surface area (Å²) in [5, 5.41) is 0. The van der Waals surface area contributed by atoms with E-state index in [1.807, 2.05) is 0 Å². The van der Waals surface area contributed by atoms with Crippen molar-refractivity contribution in [2.24, 2.45) is 5.92 Å². The van der Waals surface area contributed by atoms with Gasteiger partial charge in [0.1, 0.15) is 0 Å². The third-order valence-corrected chi connectivity index (χ3v) is 2.55. The van der Waals surface area contributed by atoms with E-state index in [0.29, 0.717) is 5.92 Å². The molecule has 0 N–H and O–H groups in total. The SMILES string of the molecule is CCCCCCCCCCC#CC(C)C. The lowest BCUT2D eigenvalue weighted by molar-refractivity contribution is 0.579. The molecular weight excluding hydrogens is 180 g/mol. The van der Waals surface area contributed by atoms with Crippen molar-refractivity contribution in [3.8, 4) is 11.8 Å². The van der Waals surface area contributed by atoms with Crippen molar-refractivity contribution in [3.63, 3.8) is 0 Å². The van der Waals surface area contributed by atoms with Crippen LogP contribution in [-0.4, -0.2) is 0 Å². The summed E-state index contributed by atoms with van der Waals surface area (Å²) < 4.78 is 0. The van der Waals surface area contributed by atoms with Crippen LogP contribution in [0.25, 0.3) is 0 Å². The van der Waals surface area contributed by atoms with E-state index in [-0.39, 0.29) is 0 Å². The zero-order valence-electron chi connectivity index (χ0n) is 10.9. The van der Waals surface area contributed by atoms with E-state index < -0.39 is 0 Å². The standard InChI is InChI=1S/C15H28/c1-4-5-6-7-8-9-10-11-12-13-14-15(2)3/h15H,4-12H2,1-3H3. The molecule has 0 amide bonds. The molecule has 0 bridgehead atoms. The zero-order valence-corrected chi connectivity index (χ0v) is 10.9. The predicted octanol–water partition coefficient (Wildman–Crippen LogP) is 5.18. The molecule has 0 nitrogen and oxygen atoms in total. The first-order chi connectivity index (χ1) is 7.27. The summed E-state index contributed by atoms with van der Waals surface area (Å²) in [5.41, 5.74) is 0. The Morgan fingerprint density at radius 1 is 0.800 bits per heavy atom. The predicted molar refractivity (Wildman–Crippen MR) is 69.8 cm³/mol. The lowest BCUT2D eigenvalue weighted by atomic mass is 10.1. The molecule has 0 fully saturated rings. The second kappa shape index (κ2) is 11.6. The minimum absolute atomic E-state index is 0.541. The minimum Gasteiger partial charge on any atom is -0.103 e. The Bertz CT molecular complexity index is 168. The van der Waals surface area contributed by atoms with E-state index in [9.17, 15) is 0 Å². The molecule has 0 heterocycles. The molecular formula is C15H28. The smallest absolute Gasteiger partial charge is 0.0146 e. The summed E-state index contributed by atoms with van der Waals surface area (Å²) in [6.07, 6.45) is 12.3. The highest BCUT2D eigenvalue weighted by Crippen LogP contribution is 2.09. The van der Waals surface area contributed by atoms with E-state index in [0.717, 1.165) is 6.42 Å². The molecule has 15 heavy (non-hydrogen) atoms. The van der Waals surface area contributed by atoms with Crippen molar-refractivity contribution in [1.29, 1.82) is 0 Å². The molecule has 0 aliphatic rings. The molecule has 0 spiro atoms. The van der Waals surface area contributed by atoms with Crippen molar-refractivity contribution >= 4 is 0 Å². The first-order valence-corrected chi connectivity index (χ1v) is 6.75. The van der Waals surface area contributed by atoms with E-state index in [4.69, 9.17) is 0 Å². The van der Waals surface area contributed by atoms with Gasteiger partial charge < -0.3 is 0 Å². The van der Waals surface area contributed by atoms with Gasteiger partial charge in [0.2, 0.25) is 0 Å². The fourth-order valence-electron chi connectivity index (χ4n) is 1.62. The zero-order chi connectivity index (χ0) is 11.4. The lowest BCUT2D eigenvalue weighted by Crippen LogP contribution is -1.81. The van der Waals surface area contributed by atoms with Gasteiger partial charge in [-0.05, 0) is 6.42 Å². The van der Waals surface area contributed by atoms with Crippen LogP contribution in [0.5, 0.6) is 0 Å². The Kier molecular flexibility index (Phi) is 11.3. The van der Waals surface area contributed by atoms with Crippen LogP contribution >= 0.6 is 0 Å². The first-order valence-electron chi connectivity index (χ1n) is 6.75. The molecule has 0 heteroatoms. The average molecular weight is 208 g/mol. The molecule has 0 saturated heterocycles. The third-order valence-electron chi connectivity index (χ3n) is 2.55. The lowest BCUT2D eigenvalue weighted by Gasteiger charge is -1.99. The molecule has 0 aromatic heterocycles. The molecule has 0 aliphatic carbocycles. The Morgan fingerprint density at radius 2 is 1.33 bits per heavy atom. The highest BCUT2D eigenvalue weighted by Gasteiger charge is 1.90. The van der Waals surface area contributed by atoms with Crippen LogP contribution in [-0.2, 0) is 0 Å². The second-order valence-electron chi connectivity index (χ2n) is 4.70. The fourth-order valence-corrected chi connectivity index (χ4v) is 1.62. The maximum Gasteiger partial charge on any atom is 0.0146 e. The number of unbranched alkanes of at least 4 members (excludes halogenated alkanes) is 8. The quantitative estimate of drug-likeness (QED) is 0.381. The Morgan fingerprint density at radius 3 is 1.87 bits per heavy atom. The van der Waals surface area contributed by atoms with Gasteiger partial charge in [-0.15, -0.1) is 11.8 Å². The van der Waals surface area contributed by atoms with Crippen molar-refractivity contribution in [2.75, 3.05) is 0 Å². The molecule has 0 aromatic rings. The van der Waals surface area contributed by atoms with Crippen LogP contribution in [0.4, 0.5) is 0 Å². The van der Waals surface area contributed by atoms with Crippen molar-refractivity contribution in [1.82, 2.24) is 0 Å². The van der Waals surface area contributed by atoms with Gasteiger partial charge in [0.15, 0.2) is 0 Å². The molecule has 0 radical (unpaired) electrons. The molecule has 0 saturated carbocycles.